The second-order valence-corrected chi connectivity index (χ2v) is 6.56. The summed E-state index contributed by atoms with van der Waals surface area (Å²) in [6, 6.07) is 10.5. The van der Waals surface area contributed by atoms with E-state index in [4.69, 9.17) is 5.73 Å². The van der Waals surface area contributed by atoms with E-state index in [-0.39, 0.29) is 24.0 Å². The molecule has 0 aliphatic carbocycles. The van der Waals surface area contributed by atoms with Crippen LogP contribution in [0.4, 0.5) is 0 Å². The first-order chi connectivity index (χ1) is 11.1. The van der Waals surface area contributed by atoms with E-state index in [0.29, 0.717) is 18.5 Å². The Morgan fingerprint density at radius 1 is 1.17 bits per heavy atom. The smallest absolute Gasteiger partial charge is 0.189 e. The molecule has 0 amide bonds. The molecule has 0 radical (unpaired) electrons. The number of hydrogen-bond donors (Lipinski definition) is 2. The molecule has 2 aromatic rings. The van der Waals surface area contributed by atoms with Gasteiger partial charge >= 0.3 is 0 Å². The first-order valence-corrected chi connectivity index (χ1v) is 8.45. The third kappa shape index (κ3) is 6.63. The maximum absolute atomic E-state index is 6.02. The van der Waals surface area contributed by atoms with Crippen LogP contribution in [0.5, 0.6) is 0 Å². The summed E-state index contributed by atoms with van der Waals surface area (Å²) in [5.74, 6) is 1.27. The van der Waals surface area contributed by atoms with Crippen LogP contribution in [-0.4, -0.2) is 17.0 Å². The van der Waals surface area contributed by atoms with Crippen molar-refractivity contribution in [3.8, 4) is 0 Å². The number of hydrogen-bond acceptors (Lipinski definition) is 2. The summed E-state index contributed by atoms with van der Waals surface area (Å²) in [7, 11) is 0. The molecule has 0 aliphatic rings. The van der Waals surface area contributed by atoms with Gasteiger partial charge in [-0.1, -0.05) is 51.0 Å². The molecule has 1 aromatic heterocycles. The quantitative estimate of drug-likeness (QED) is 0.379. The SMILES string of the molecule is CC(C)CCCC(C)NC(N)=NCc1cccc2cccnc12.I. The molecule has 0 spiro atoms. The zero-order valence-corrected chi connectivity index (χ0v) is 17.2. The fourth-order valence-corrected chi connectivity index (χ4v) is 2.67. The maximum atomic E-state index is 6.02. The number of benzene rings is 1. The average Bonchev–Trinajstić information content (AvgIpc) is 2.52. The van der Waals surface area contributed by atoms with Gasteiger partial charge in [-0.15, -0.1) is 24.0 Å². The number of guanidine groups is 1. The fourth-order valence-electron chi connectivity index (χ4n) is 2.67. The van der Waals surface area contributed by atoms with Gasteiger partial charge in [0.1, 0.15) is 0 Å². The summed E-state index contributed by atoms with van der Waals surface area (Å²) < 4.78 is 0. The normalized spacial score (nSPS) is 12.9. The van der Waals surface area contributed by atoms with Crippen LogP contribution in [-0.2, 0) is 6.54 Å². The van der Waals surface area contributed by atoms with Crippen molar-refractivity contribution in [3.63, 3.8) is 0 Å². The predicted octanol–water partition coefficient (Wildman–Crippen LogP) is 4.47. The molecule has 1 unspecified atom stereocenters. The first kappa shape index (κ1) is 20.7. The standard InChI is InChI=1S/C19H28N4.HI/c1-14(2)7-4-8-15(3)23-19(20)22-13-17-10-5-9-16-11-6-12-21-18(16)17;/h5-6,9-12,14-15H,4,7-8,13H2,1-3H3,(H3,20,22,23);1H. The lowest BCUT2D eigenvalue weighted by Crippen LogP contribution is -2.38. The third-order valence-electron chi connectivity index (χ3n) is 3.95. The minimum Gasteiger partial charge on any atom is -0.370 e. The Bertz CT molecular complexity index is 649. The maximum Gasteiger partial charge on any atom is 0.189 e. The minimum absolute atomic E-state index is 0. The van der Waals surface area contributed by atoms with E-state index in [9.17, 15) is 0 Å². The Morgan fingerprint density at radius 2 is 1.92 bits per heavy atom. The number of nitrogens with one attached hydrogen (secondary N) is 1. The first-order valence-electron chi connectivity index (χ1n) is 8.45. The van der Waals surface area contributed by atoms with Gasteiger partial charge in [0, 0.05) is 17.6 Å². The summed E-state index contributed by atoms with van der Waals surface area (Å²) >= 11 is 0. The third-order valence-corrected chi connectivity index (χ3v) is 3.95. The summed E-state index contributed by atoms with van der Waals surface area (Å²) in [6.45, 7) is 7.21. The van der Waals surface area contributed by atoms with E-state index in [2.05, 4.69) is 54.3 Å². The molecule has 24 heavy (non-hydrogen) atoms. The van der Waals surface area contributed by atoms with Crippen molar-refractivity contribution in [2.45, 2.75) is 52.6 Å². The van der Waals surface area contributed by atoms with Crippen LogP contribution in [0, 0.1) is 5.92 Å². The van der Waals surface area contributed by atoms with Gasteiger partial charge in [0.25, 0.3) is 0 Å². The Morgan fingerprint density at radius 3 is 2.67 bits per heavy atom. The molecule has 0 saturated heterocycles. The van der Waals surface area contributed by atoms with Gasteiger partial charge in [-0.05, 0) is 30.9 Å². The molecular weight excluding hydrogens is 411 g/mol. The Kier molecular flexibility index (Phi) is 9.03. The van der Waals surface area contributed by atoms with E-state index in [0.717, 1.165) is 28.8 Å². The number of aliphatic imine (C=N–C) groups is 1. The van der Waals surface area contributed by atoms with Gasteiger partial charge in [-0.25, -0.2) is 4.99 Å². The lowest BCUT2D eigenvalue weighted by atomic mass is 10.0. The number of aromatic nitrogens is 1. The molecule has 1 heterocycles. The van der Waals surface area contributed by atoms with Gasteiger partial charge in [-0.3, -0.25) is 4.98 Å². The van der Waals surface area contributed by atoms with E-state index in [1.807, 2.05) is 18.3 Å². The van der Waals surface area contributed by atoms with Crippen molar-refractivity contribution in [2.24, 2.45) is 16.6 Å². The molecule has 1 aromatic carbocycles. The van der Waals surface area contributed by atoms with Crippen molar-refractivity contribution in [3.05, 3.63) is 42.1 Å². The fraction of sp³-hybridized carbons (Fsp3) is 0.474. The number of para-hydroxylation sites is 1. The molecule has 0 aliphatic heterocycles. The number of fused-ring (bicyclic) bond motifs is 1. The highest BCUT2D eigenvalue weighted by atomic mass is 127. The van der Waals surface area contributed by atoms with Crippen LogP contribution in [0.15, 0.2) is 41.5 Å². The highest BCUT2D eigenvalue weighted by Gasteiger charge is 2.05. The number of pyridine rings is 1. The number of rotatable bonds is 7. The van der Waals surface area contributed by atoms with Crippen molar-refractivity contribution < 1.29 is 0 Å². The number of nitrogens with two attached hydrogens (primary N) is 1. The van der Waals surface area contributed by atoms with Crippen molar-refractivity contribution in [1.82, 2.24) is 10.3 Å². The predicted molar refractivity (Wildman–Crippen MR) is 114 cm³/mol. The average molecular weight is 440 g/mol. The van der Waals surface area contributed by atoms with Gasteiger partial charge in [0.2, 0.25) is 0 Å². The van der Waals surface area contributed by atoms with Crippen LogP contribution in [0.3, 0.4) is 0 Å². The highest BCUT2D eigenvalue weighted by molar-refractivity contribution is 14.0. The van der Waals surface area contributed by atoms with E-state index in [1.165, 1.54) is 12.8 Å². The molecule has 2 rings (SSSR count). The molecule has 1 atom stereocenters. The highest BCUT2D eigenvalue weighted by Crippen LogP contribution is 2.16. The van der Waals surface area contributed by atoms with Crippen molar-refractivity contribution in [2.75, 3.05) is 0 Å². The summed E-state index contributed by atoms with van der Waals surface area (Å²) in [4.78, 5) is 8.92. The molecule has 4 nitrogen and oxygen atoms in total. The van der Waals surface area contributed by atoms with Crippen molar-refractivity contribution in [1.29, 1.82) is 0 Å². The Hall–Kier alpha value is -1.37. The number of nitrogens with zero attached hydrogens (tertiary/aromatic N) is 2. The lowest BCUT2D eigenvalue weighted by molar-refractivity contribution is 0.493. The molecule has 5 heteroatoms. The summed E-state index contributed by atoms with van der Waals surface area (Å²) in [5.41, 5.74) is 8.11. The Balaban J connectivity index is 0.00000288. The largest absolute Gasteiger partial charge is 0.370 e. The minimum atomic E-state index is 0. The van der Waals surface area contributed by atoms with Crippen LogP contribution < -0.4 is 11.1 Å². The van der Waals surface area contributed by atoms with Gasteiger partial charge < -0.3 is 11.1 Å². The lowest BCUT2D eigenvalue weighted by Gasteiger charge is -2.15. The molecule has 132 valence electrons. The van der Waals surface area contributed by atoms with Gasteiger partial charge in [-0.2, -0.15) is 0 Å². The van der Waals surface area contributed by atoms with Crippen LogP contribution >= 0.6 is 24.0 Å². The van der Waals surface area contributed by atoms with Crippen LogP contribution in [0.1, 0.15) is 45.6 Å². The summed E-state index contributed by atoms with van der Waals surface area (Å²) in [6.07, 6.45) is 5.40. The molecular formula is C19H29IN4. The van der Waals surface area contributed by atoms with Crippen LogP contribution in [0.2, 0.25) is 0 Å². The van der Waals surface area contributed by atoms with Gasteiger partial charge in [0.05, 0.1) is 12.1 Å². The Labute approximate surface area is 162 Å². The second-order valence-electron chi connectivity index (χ2n) is 6.56. The topological polar surface area (TPSA) is 63.3 Å². The van der Waals surface area contributed by atoms with E-state index < -0.39 is 0 Å². The molecule has 0 bridgehead atoms. The van der Waals surface area contributed by atoms with Gasteiger partial charge in [0.15, 0.2) is 5.96 Å². The van der Waals surface area contributed by atoms with Crippen LogP contribution in [0.25, 0.3) is 10.9 Å². The zero-order valence-electron chi connectivity index (χ0n) is 14.8. The molecule has 0 fully saturated rings. The monoisotopic (exact) mass is 440 g/mol. The summed E-state index contributed by atoms with van der Waals surface area (Å²) in [5, 5.41) is 4.41. The van der Waals surface area contributed by atoms with Crippen molar-refractivity contribution >= 4 is 40.8 Å². The van der Waals surface area contributed by atoms with E-state index in [1.54, 1.807) is 0 Å². The second kappa shape index (κ2) is 10.5. The number of halogens is 1. The molecule has 3 N–H and O–H groups in total. The van der Waals surface area contributed by atoms with E-state index >= 15 is 0 Å². The molecule has 0 saturated carbocycles. The zero-order chi connectivity index (χ0) is 16.7.